The SMILES string of the molecule is CCOC(=O)C1=C(C)C(C)(C)CCC1=O. The molecule has 0 spiro atoms. The van der Waals surface area contributed by atoms with E-state index in [9.17, 15) is 9.59 Å². The van der Waals surface area contributed by atoms with Crippen LogP contribution in [0.4, 0.5) is 0 Å². The molecule has 1 rings (SSSR count). The summed E-state index contributed by atoms with van der Waals surface area (Å²) in [7, 11) is 0. The lowest BCUT2D eigenvalue weighted by molar-refractivity contribution is -0.140. The Bertz CT molecular complexity index is 324. The summed E-state index contributed by atoms with van der Waals surface area (Å²) in [5.74, 6) is -0.543. The molecule has 0 fully saturated rings. The molecule has 0 N–H and O–H groups in total. The first kappa shape index (κ1) is 12.0. The number of Topliss-reactive ketones (excluding diaryl/α,β-unsaturated/α-hetero) is 1. The minimum Gasteiger partial charge on any atom is -0.462 e. The Kier molecular flexibility index (Phi) is 3.32. The molecule has 0 unspecified atom stereocenters. The second-order valence-electron chi connectivity index (χ2n) is 4.53. The third kappa shape index (κ3) is 2.28. The molecule has 0 amide bonds. The zero-order valence-corrected chi connectivity index (χ0v) is 9.85. The van der Waals surface area contributed by atoms with Crippen LogP contribution in [0.2, 0.25) is 0 Å². The molecule has 0 aromatic heterocycles. The first-order valence-electron chi connectivity index (χ1n) is 5.32. The van der Waals surface area contributed by atoms with Crippen molar-refractivity contribution in [3.8, 4) is 0 Å². The van der Waals surface area contributed by atoms with Gasteiger partial charge in [-0.2, -0.15) is 0 Å². The summed E-state index contributed by atoms with van der Waals surface area (Å²) in [6.07, 6.45) is 1.25. The van der Waals surface area contributed by atoms with Crippen LogP contribution in [0.5, 0.6) is 0 Å². The number of rotatable bonds is 2. The normalized spacial score (nSPS) is 20.4. The van der Waals surface area contributed by atoms with Gasteiger partial charge in [-0.15, -0.1) is 0 Å². The molecule has 1 aliphatic carbocycles. The molecule has 1 aliphatic rings. The van der Waals surface area contributed by atoms with Crippen molar-refractivity contribution in [2.24, 2.45) is 5.41 Å². The highest BCUT2D eigenvalue weighted by Gasteiger charge is 2.35. The topological polar surface area (TPSA) is 43.4 Å². The third-order valence-corrected chi connectivity index (χ3v) is 3.13. The lowest BCUT2D eigenvalue weighted by Crippen LogP contribution is -2.29. The van der Waals surface area contributed by atoms with Crippen molar-refractivity contribution in [1.29, 1.82) is 0 Å². The maximum Gasteiger partial charge on any atom is 0.341 e. The second kappa shape index (κ2) is 4.17. The van der Waals surface area contributed by atoms with E-state index in [0.717, 1.165) is 12.0 Å². The van der Waals surface area contributed by atoms with Crippen molar-refractivity contribution in [3.05, 3.63) is 11.1 Å². The van der Waals surface area contributed by atoms with Gasteiger partial charge in [-0.3, -0.25) is 4.79 Å². The zero-order chi connectivity index (χ0) is 11.6. The Morgan fingerprint density at radius 2 is 2.07 bits per heavy atom. The minimum absolute atomic E-state index is 0.0734. The largest absolute Gasteiger partial charge is 0.462 e. The smallest absolute Gasteiger partial charge is 0.341 e. The molecule has 0 aromatic carbocycles. The maximum absolute atomic E-state index is 11.7. The van der Waals surface area contributed by atoms with Crippen LogP contribution in [0.15, 0.2) is 11.1 Å². The molecule has 0 aliphatic heterocycles. The summed E-state index contributed by atoms with van der Waals surface area (Å²) in [5, 5.41) is 0. The van der Waals surface area contributed by atoms with Gasteiger partial charge >= 0.3 is 5.97 Å². The predicted molar refractivity (Wildman–Crippen MR) is 57.4 cm³/mol. The van der Waals surface area contributed by atoms with Crippen LogP contribution in [0.1, 0.15) is 40.5 Å². The standard InChI is InChI=1S/C12H18O3/c1-5-15-11(14)10-8(2)12(3,4)7-6-9(10)13/h5-7H2,1-4H3. The quantitative estimate of drug-likeness (QED) is 0.518. The molecule has 0 radical (unpaired) electrons. The first-order valence-corrected chi connectivity index (χ1v) is 5.32. The van der Waals surface area contributed by atoms with Crippen molar-refractivity contribution in [3.63, 3.8) is 0 Å². The summed E-state index contributed by atoms with van der Waals surface area (Å²) >= 11 is 0. The summed E-state index contributed by atoms with van der Waals surface area (Å²) in [6.45, 7) is 8.00. The summed E-state index contributed by atoms with van der Waals surface area (Å²) in [6, 6.07) is 0. The average Bonchev–Trinajstić information content (AvgIpc) is 2.14. The van der Waals surface area contributed by atoms with Gasteiger partial charge in [-0.05, 0) is 31.3 Å². The molecule has 3 heteroatoms. The number of allylic oxidation sites excluding steroid dienone is 1. The molecule has 0 heterocycles. The Hall–Kier alpha value is -1.12. The van der Waals surface area contributed by atoms with Crippen LogP contribution in [0, 0.1) is 5.41 Å². The number of esters is 1. The van der Waals surface area contributed by atoms with E-state index < -0.39 is 5.97 Å². The molecule has 15 heavy (non-hydrogen) atoms. The summed E-state index contributed by atoms with van der Waals surface area (Å²) in [5.41, 5.74) is 1.06. The van der Waals surface area contributed by atoms with E-state index in [1.54, 1.807) is 6.92 Å². The average molecular weight is 210 g/mol. The monoisotopic (exact) mass is 210 g/mol. The van der Waals surface area contributed by atoms with E-state index in [-0.39, 0.29) is 16.8 Å². The van der Waals surface area contributed by atoms with Gasteiger partial charge in [-0.1, -0.05) is 13.8 Å². The number of hydrogen-bond acceptors (Lipinski definition) is 3. The summed E-state index contributed by atoms with van der Waals surface area (Å²) < 4.78 is 4.90. The maximum atomic E-state index is 11.7. The molecular formula is C12H18O3. The van der Waals surface area contributed by atoms with E-state index in [1.807, 2.05) is 20.8 Å². The van der Waals surface area contributed by atoms with E-state index in [0.29, 0.717) is 13.0 Å². The van der Waals surface area contributed by atoms with E-state index in [1.165, 1.54) is 0 Å². The van der Waals surface area contributed by atoms with Gasteiger partial charge in [0, 0.05) is 6.42 Å². The van der Waals surface area contributed by atoms with Gasteiger partial charge in [0.2, 0.25) is 0 Å². The van der Waals surface area contributed by atoms with Crippen LogP contribution < -0.4 is 0 Å². The number of hydrogen-bond donors (Lipinski definition) is 0. The van der Waals surface area contributed by atoms with Crippen molar-refractivity contribution in [2.75, 3.05) is 6.61 Å². The molecule has 84 valence electrons. The molecule has 3 nitrogen and oxygen atoms in total. The molecule has 0 saturated carbocycles. The molecule has 0 atom stereocenters. The van der Waals surface area contributed by atoms with Crippen molar-refractivity contribution in [2.45, 2.75) is 40.5 Å². The number of carbonyl (C=O) groups excluding carboxylic acids is 2. The van der Waals surface area contributed by atoms with Gasteiger partial charge in [-0.25, -0.2) is 4.79 Å². The fourth-order valence-corrected chi connectivity index (χ4v) is 1.76. The molecule has 0 aromatic rings. The Morgan fingerprint density at radius 1 is 1.47 bits per heavy atom. The number of ether oxygens (including phenoxy) is 1. The van der Waals surface area contributed by atoms with E-state index >= 15 is 0 Å². The van der Waals surface area contributed by atoms with Gasteiger partial charge in [0.05, 0.1) is 6.61 Å². The van der Waals surface area contributed by atoms with Crippen molar-refractivity contribution in [1.82, 2.24) is 0 Å². The Morgan fingerprint density at radius 3 is 2.60 bits per heavy atom. The lowest BCUT2D eigenvalue weighted by atomic mass is 9.73. The zero-order valence-electron chi connectivity index (χ0n) is 9.85. The van der Waals surface area contributed by atoms with Crippen LogP contribution in [-0.2, 0) is 14.3 Å². The number of carbonyl (C=O) groups is 2. The van der Waals surface area contributed by atoms with E-state index in [4.69, 9.17) is 4.74 Å². The second-order valence-corrected chi connectivity index (χ2v) is 4.53. The highest BCUT2D eigenvalue weighted by atomic mass is 16.5. The predicted octanol–water partition coefficient (Wildman–Crippen LogP) is 2.26. The minimum atomic E-state index is -0.465. The third-order valence-electron chi connectivity index (χ3n) is 3.13. The molecule has 0 saturated heterocycles. The molecular weight excluding hydrogens is 192 g/mol. The first-order chi connectivity index (χ1) is 6.90. The fraction of sp³-hybridized carbons (Fsp3) is 0.667. The van der Waals surface area contributed by atoms with Gasteiger partial charge in [0.1, 0.15) is 5.57 Å². The van der Waals surface area contributed by atoms with Crippen LogP contribution in [-0.4, -0.2) is 18.4 Å². The van der Waals surface area contributed by atoms with Crippen LogP contribution >= 0.6 is 0 Å². The highest BCUT2D eigenvalue weighted by Crippen LogP contribution is 2.38. The van der Waals surface area contributed by atoms with Crippen LogP contribution in [0.3, 0.4) is 0 Å². The Balaban J connectivity index is 3.10. The highest BCUT2D eigenvalue weighted by molar-refractivity contribution is 6.18. The van der Waals surface area contributed by atoms with Gasteiger partial charge < -0.3 is 4.74 Å². The van der Waals surface area contributed by atoms with Gasteiger partial charge in [0.15, 0.2) is 5.78 Å². The van der Waals surface area contributed by atoms with E-state index in [2.05, 4.69) is 0 Å². The molecule has 0 bridgehead atoms. The summed E-state index contributed by atoms with van der Waals surface area (Å²) in [4.78, 5) is 23.3. The van der Waals surface area contributed by atoms with Crippen molar-refractivity contribution < 1.29 is 14.3 Å². The lowest BCUT2D eigenvalue weighted by Gasteiger charge is -2.31. The van der Waals surface area contributed by atoms with Gasteiger partial charge in [0.25, 0.3) is 0 Å². The van der Waals surface area contributed by atoms with Crippen molar-refractivity contribution >= 4 is 11.8 Å². The number of ketones is 1. The Labute approximate surface area is 90.5 Å². The van der Waals surface area contributed by atoms with Crippen LogP contribution in [0.25, 0.3) is 0 Å². The fourth-order valence-electron chi connectivity index (χ4n) is 1.76.